The van der Waals surface area contributed by atoms with Crippen molar-refractivity contribution in [3.05, 3.63) is 60.2 Å². The number of hydrogen-bond acceptors (Lipinski definition) is 5. The fourth-order valence-electron chi connectivity index (χ4n) is 2.73. The molecule has 150 valence electrons. The molecule has 0 aliphatic carbocycles. The summed E-state index contributed by atoms with van der Waals surface area (Å²) in [6.07, 6.45) is 0.662. The Bertz CT molecular complexity index is 745. The molecule has 1 unspecified atom stereocenters. The lowest BCUT2D eigenvalue weighted by Gasteiger charge is -2.25. The van der Waals surface area contributed by atoms with E-state index in [9.17, 15) is 9.59 Å². The summed E-state index contributed by atoms with van der Waals surface area (Å²) in [7, 11) is 2.97. The molecular weight excluding hydrogens is 358 g/mol. The Morgan fingerprint density at radius 2 is 1.64 bits per heavy atom. The predicted octanol–water partition coefficient (Wildman–Crippen LogP) is 2.95. The SMILES string of the molecule is COC(=O)C(C)CN(CCc1ccc(OC)cc1)C(=O)COc1ccccc1. The van der Waals surface area contributed by atoms with Gasteiger partial charge in [0.05, 0.1) is 20.1 Å². The lowest BCUT2D eigenvalue weighted by atomic mass is 10.1. The maximum absolute atomic E-state index is 12.7. The molecule has 0 aromatic heterocycles. The highest BCUT2D eigenvalue weighted by molar-refractivity contribution is 5.79. The molecule has 0 aliphatic heterocycles. The van der Waals surface area contributed by atoms with Gasteiger partial charge in [0.1, 0.15) is 11.5 Å². The van der Waals surface area contributed by atoms with Gasteiger partial charge in [-0.3, -0.25) is 9.59 Å². The van der Waals surface area contributed by atoms with Crippen LogP contribution < -0.4 is 9.47 Å². The van der Waals surface area contributed by atoms with Crippen molar-refractivity contribution in [2.75, 3.05) is 33.9 Å². The fourth-order valence-corrected chi connectivity index (χ4v) is 2.73. The first kappa shape index (κ1) is 21.3. The fraction of sp³-hybridized carbons (Fsp3) is 0.364. The lowest BCUT2D eigenvalue weighted by Crippen LogP contribution is -2.41. The van der Waals surface area contributed by atoms with Gasteiger partial charge < -0.3 is 19.1 Å². The third-order valence-corrected chi connectivity index (χ3v) is 4.39. The quantitative estimate of drug-likeness (QED) is 0.589. The van der Waals surface area contributed by atoms with Crippen LogP contribution in [0.25, 0.3) is 0 Å². The van der Waals surface area contributed by atoms with Crippen LogP contribution >= 0.6 is 0 Å². The van der Waals surface area contributed by atoms with E-state index < -0.39 is 5.92 Å². The molecule has 28 heavy (non-hydrogen) atoms. The van der Waals surface area contributed by atoms with Crippen molar-refractivity contribution in [1.82, 2.24) is 4.90 Å². The van der Waals surface area contributed by atoms with Gasteiger partial charge in [-0.05, 0) is 36.2 Å². The first-order valence-electron chi connectivity index (χ1n) is 9.20. The Balaban J connectivity index is 1.99. The first-order chi connectivity index (χ1) is 13.5. The third-order valence-electron chi connectivity index (χ3n) is 4.39. The molecule has 2 aromatic rings. The summed E-state index contributed by atoms with van der Waals surface area (Å²) >= 11 is 0. The second-order valence-corrected chi connectivity index (χ2v) is 6.46. The van der Waals surface area contributed by atoms with Gasteiger partial charge >= 0.3 is 5.97 Å². The van der Waals surface area contributed by atoms with E-state index in [4.69, 9.17) is 14.2 Å². The smallest absolute Gasteiger partial charge is 0.310 e. The average Bonchev–Trinajstić information content (AvgIpc) is 2.75. The van der Waals surface area contributed by atoms with Gasteiger partial charge in [0, 0.05) is 13.1 Å². The van der Waals surface area contributed by atoms with Crippen LogP contribution in [0.2, 0.25) is 0 Å². The summed E-state index contributed by atoms with van der Waals surface area (Å²) < 4.78 is 15.5. The van der Waals surface area contributed by atoms with Crippen LogP contribution in [0.1, 0.15) is 12.5 Å². The summed E-state index contributed by atoms with van der Waals surface area (Å²) in [5, 5.41) is 0. The zero-order valence-corrected chi connectivity index (χ0v) is 16.6. The van der Waals surface area contributed by atoms with Crippen molar-refractivity contribution in [1.29, 1.82) is 0 Å². The number of esters is 1. The van der Waals surface area contributed by atoms with Gasteiger partial charge in [-0.2, -0.15) is 0 Å². The van der Waals surface area contributed by atoms with E-state index in [1.54, 1.807) is 31.1 Å². The molecule has 0 radical (unpaired) electrons. The summed E-state index contributed by atoms with van der Waals surface area (Å²) in [6.45, 7) is 2.42. The molecular formula is C22H27NO5. The second kappa shape index (κ2) is 11.0. The minimum atomic E-state index is -0.415. The molecule has 0 saturated heterocycles. The molecule has 6 heteroatoms. The van der Waals surface area contributed by atoms with E-state index in [0.717, 1.165) is 11.3 Å². The van der Waals surface area contributed by atoms with E-state index in [1.807, 2.05) is 42.5 Å². The zero-order valence-electron chi connectivity index (χ0n) is 16.6. The van der Waals surface area contributed by atoms with Crippen LogP contribution in [0.5, 0.6) is 11.5 Å². The number of rotatable bonds is 10. The van der Waals surface area contributed by atoms with Crippen molar-refractivity contribution < 1.29 is 23.8 Å². The van der Waals surface area contributed by atoms with Crippen molar-refractivity contribution in [3.8, 4) is 11.5 Å². The van der Waals surface area contributed by atoms with Crippen LogP contribution in [0.15, 0.2) is 54.6 Å². The summed E-state index contributed by atoms with van der Waals surface area (Å²) in [6, 6.07) is 16.9. The summed E-state index contributed by atoms with van der Waals surface area (Å²) in [5.74, 6) is 0.486. The zero-order chi connectivity index (χ0) is 20.4. The molecule has 0 spiro atoms. The largest absolute Gasteiger partial charge is 0.497 e. The molecule has 0 aliphatic rings. The molecule has 0 bridgehead atoms. The van der Waals surface area contributed by atoms with E-state index in [0.29, 0.717) is 18.7 Å². The molecule has 6 nitrogen and oxygen atoms in total. The second-order valence-electron chi connectivity index (χ2n) is 6.46. The topological polar surface area (TPSA) is 65.1 Å². The summed E-state index contributed by atoms with van der Waals surface area (Å²) in [4.78, 5) is 26.1. The number of hydrogen-bond donors (Lipinski definition) is 0. The van der Waals surface area contributed by atoms with Gasteiger partial charge in [0.15, 0.2) is 6.61 Å². The van der Waals surface area contributed by atoms with Crippen molar-refractivity contribution in [2.45, 2.75) is 13.3 Å². The third kappa shape index (κ3) is 6.61. The number of amides is 1. The molecule has 2 aromatic carbocycles. The minimum absolute atomic E-state index is 0.0828. The van der Waals surface area contributed by atoms with Crippen molar-refractivity contribution in [2.24, 2.45) is 5.92 Å². The van der Waals surface area contributed by atoms with Crippen molar-refractivity contribution in [3.63, 3.8) is 0 Å². The number of carbonyl (C=O) groups excluding carboxylic acids is 2. The van der Waals surface area contributed by atoms with Crippen LogP contribution in [-0.2, 0) is 20.7 Å². The van der Waals surface area contributed by atoms with E-state index >= 15 is 0 Å². The molecule has 0 heterocycles. The molecule has 2 rings (SSSR count). The predicted molar refractivity (Wildman–Crippen MR) is 106 cm³/mol. The monoisotopic (exact) mass is 385 g/mol. The minimum Gasteiger partial charge on any atom is -0.497 e. The Labute approximate surface area is 166 Å². The van der Waals surface area contributed by atoms with Gasteiger partial charge in [0.25, 0.3) is 5.91 Å². The molecule has 0 fully saturated rings. The Morgan fingerprint density at radius 3 is 2.25 bits per heavy atom. The van der Waals surface area contributed by atoms with Crippen molar-refractivity contribution >= 4 is 11.9 Å². The van der Waals surface area contributed by atoms with Crippen LogP contribution in [0.3, 0.4) is 0 Å². The van der Waals surface area contributed by atoms with Crippen LogP contribution in [-0.4, -0.2) is 50.7 Å². The Hall–Kier alpha value is -3.02. The normalized spacial score (nSPS) is 11.4. The van der Waals surface area contributed by atoms with Crippen LogP contribution in [0.4, 0.5) is 0 Å². The number of methoxy groups -OCH3 is 2. The average molecular weight is 385 g/mol. The maximum Gasteiger partial charge on any atom is 0.310 e. The highest BCUT2D eigenvalue weighted by Gasteiger charge is 2.22. The number of ether oxygens (including phenoxy) is 3. The first-order valence-corrected chi connectivity index (χ1v) is 9.20. The molecule has 0 N–H and O–H groups in total. The number of benzene rings is 2. The number of nitrogens with zero attached hydrogens (tertiary/aromatic N) is 1. The van der Waals surface area contributed by atoms with E-state index in [-0.39, 0.29) is 25.0 Å². The standard InChI is InChI=1S/C22H27NO5/c1-17(22(25)27-3)15-23(14-13-18-9-11-19(26-2)12-10-18)21(24)16-28-20-7-5-4-6-8-20/h4-12,17H,13-16H2,1-3H3. The molecule has 1 atom stereocenters. The number of para-hydroxylation sites is 1. The van der Waals surface area contributed by atoms with E-state index in [1.165, 1.54) is 7.11 Å². The Kier molecular flexibility index (Phi) is 8.34. The number of carbonyl (C=O) groups is 2. The maximum atomic E-state index is 12.7. The Morgan fingerprint density at radius 1 is 0.964 bits per heavy atom. The van der Waals surface area contributed by atoms with Crippen LogP contribution in [0, 0.1) is 5.92 Å². The highest BCUT2D eigenvalue weighted by Crippen LogP contribution is 2.13. The van der Waals surface area contributed by atoms with Gasteiger partial charge in [-0.1, -0.05) is 37.3 Å². The van der Waals surface area contributed by atoms with E-state index in [2.05, 4.69) is 0 Å². The lowest BCUT2D eigenvalue weighted by molar-refractivity contribution is -0.146. The molecule has 1 amide bonds. The molecule has 0 saturated carbocycles. The van der Waals surface area contributed by atoms with Gasteiger partial charge in [-0.15, -0.1) is 0 Å². The van der Waals surface area contributed by atoms with Gasteiger partial charge in [-0.25, -0.2) is 0 Å². The van der Waals surface area contributed by atoms with Gasteiger partial charge in [0.2, 0.25) is 0 Å². The highest BCUT2D eigenvalue weighted by atomic mass is 16.5. The summed E-state index contributed by atoms with van der Waals surface area (Å²) in [5.41, 5.74) is 1.08.